The Kier molecular flexibility index (Phi) is 6.61. The summed E-state index contributed by atoms with van der Waals surface area (Å²) in [6.07, 6.45) is 0. The molecular formula is C13H11BF3KO2. The zero-order valence-corrected chi connectivity index (χ0v) is 14.0. The van der Waals surface area contributed by atoms with Crippen molar-refractivity contribution in [3.05, 3.63) is 54.1 Å². The molecule has 7 heteroatoms. The molecule has 0 radical (unpaired) electrons. The Bertz CT molecular complexity index is 558. The van der Waals surface area contributed by atoms with E-state index in [1.165, 1.54) is 24.3 Å². The molecule has 2 rings (SSSR count). The molecule has 1 N–H and O–H groups in total. The van der Waals surface area contributed by atoms with Crippen molar-refractivity contribution in [1.82, 2.24) is 0 Å². The Balaban J connectivity index is 0.00000200. The average molecular weight is 306 g/mol. The van der Waals surface area contributed by atoms with E-state index >= 15 is 0 Å². The van der Waals surface area contributed by atoms with Crippen LogP contribution in [0.25, 0.3) is 0 Å². The van der Waals surface area contributed by atoms with Crippen LogP contribution in [0.3, 0.4) is 0 Å². The molecule has 0 aromatic heterocycles. The molecule has 0 spiro atoms. The topological polar surface area (TPSA) is 29.5 Å². The van der Waals surface area contributed by atoms with Crippen LogP contribution >= 0.6 is 0 Å². The first-order chi connectivity index (χ1) is 8.95. The SMILES string of the molecule is Oc1cccc(COc2ccc([B-](F)(F)F)cc2)c1.[K+]. The molecule has 0 aliphatic rings. The van der Waals surface area contributed by atoms with Crippen LogP contribution in [-0.2, 0) is 6.61 Å². The van der Waals surface area contributed by atoms with E-state index in [0.717, 1.165) is 17.7 Å². The third kappa shape index (κ3) is 5.14. The average Bonchev–Trinajstić information content (AvgIpc) is 2.36. The Morgan fingerprint density at radius 1 is 1.00 bits per heavy atom. The van der Waals surface area contributed by atoms with E-state index in [2.05, 4.69) is 0 Å². The van der Waals surface area contributed by atoms with Crippen LogP contribution in [0.15, 0.2) is 48.5 Å². The maximum absolute atomic E-state index is 12.4. The van der Waals surface area contributed by atoms with Gasteiger partial charge in [-0.25, -0.2) is 0 Å². The number of aromatic hydroxyl groups is 1. The minimum absolute atomic E-state index is 0. The summed E-state index contributed by atoms with van der Waals surface area (Å²) in [4.78, 5) is 0. The predicted molar refractivity (Wildman–Crippen MR) is 67.6 cm³/mol. The van der Waals surface area contributed by atoms with E-state index in [4.69, 9.17) is 4.74 Å². The number of phenols is 1. The van der Waals surface area contributed by atoms with Crippen molar-refractivity contribution < 1.29 is 74.2 Å². The first-order valence-electron chi connectivity index (χ1n) is 5.66. The third-order valence-corrected chi connectivity index (χ3v) is 2.57. The Morgan fingerprint density at radius 2 is 1.65 bits per heavy atom. The fraction of sp³-hybridized carbons (Fsp3) is 0.0769. The fourth-order valence-electron chi connectivity index (χ4n) is 1.60. The van der Waals surface area contributed by atoms with Crippen LogP contribution in [0, 0.1) is 0 Å². The summed E-state index contributed by atoms with van der Waals surface area (Å²) in [7, 11) is 0. The molecule has 0 unspecified atom stereocenters. The molecule has 2 aromatic rings. The summed E-state index contributed by atoms with van der Waals surface area (Å²) in [6, 6.07) is 11.1. The van der Waals surface area contributed by atoms with Crippen molar-refractivity contribution in [3.8, 4) is 11.5 Å². The van der Waals surface area contributed by atoms with Gasteiger partial charge >= 0.3 is 58.4 Å². The molecule has 2 aromatic carbocycles. The molecule has 2 nitrogen and oxygen atoms in total. The van der Waals surface area contributed by atoms with Crippen molar-refractivity contribution in [2.24, 2.45) is 0 Å². The first kappa shape index (κ1) is 17.6. The van der Waals surface area contributed by atoms with E-state index in [0.29, 0.717) is 5.75 Å². The van der Waals surface area contributed by atoms with Crippen molar-refractivity contribution in [2.75, 3.05) is 0 Å². The molecule has 0 aliphatic carbocycles. The fourth-order valence-corrected chi connectivity index (χ4v) is 1.60. The van der Waals surface area contributed by atoms with Gasteiger partial charge in [0.05, 0.1) is 0 Å². The molecule has 0 fully saturated rings. The largest absolute Gasteiger partial charge is 1.00 e. The zero-order valence-electron chi connectivity index (χ0n) is 10.9. The van der Waals surface area contributed by atoms with Gasteiger partial charge in [-0.1, -0.05) is 24.3 Å². The maximum Gasteiger partial charge on any atom is 1.00 e. The van der Waals surface area contributed by atoms with Crippen LogP contribution in [0.5, 0.6) is 11.5 Å². The minimum Gasteiger partial charge on any atom is -0.508 e. The van der Waals surface area contributed by atoms with Crippen LogP contribution in [0.1, 0.15) is 5.56 Å². The van der Waals surface area contributed by atoms with Gasteiger partial charge in [0.2, 0.25) is 0 Å². The molecule has 0 aliphatic heterocycles. The standard InChI is InChI=1S/C13H11BF3O2.K/c15-14(16,17)11-4-6-13(7-5-11)19-9-10-2-1-3-12(18)8-10;/h1-8,18H,9H2;/q-1;+1. The first-order valence-corrected chi connectivity index (χ1v) is 5.66. The van der Waals surface area contributed by atoms with E-state index < -0.39 is 12.4 Å². The van der Waals surface area contributed by atoms with Gasteiger partial charge in [0.15, 0.2) is 0 Å². The molecule has 0 atom stereocenters. The molecular weight excluding hydrogens is 295 g/mol. The van der Waals surface area contributed by atoms with Crippen molar-refractivity contribution in [3.63, 3.8) is 0 Å². The second-order valence-corrected chi connectivity index (χ2v) is 4.10. The maximum atomic E-state index is 12.4. The normalized spacial score (nSPS) is 10.8. The zero-order chi connectivity index (χ0) is 13.9. The Morgan fingerprint density at radius 3 is 2.20 bits per heavy atom. The number of hydrogen-bond acceptors (Lipinski definition) is 2. The molecule has 0 heterocycles. The van der Waals surface area contributed by atoms with E-state index in [-0.39, 0.29) is 63.7 Å². The molecule has 0 saturated heterocycles. The summed E-state index contributed by atoms with van der Waals surface area (Å²) < 4.78 is 42.6. The van der Waals surface area contributed by atoms with Gasteiger partial charge < -0.3 is 22.8 Å². The smallest absolute Gasteiger partial charge is 0.508 e. The summed E-state index contributed by atoms with van der Waals surface area (Å²) in [5.74, 6) is 0.475. The third-order valence-electron chi connectivity index (χ3n) is 2.57. The van der Waals surface area contributed by atoms with Crippen LogP contribution in [0.4, 0.5) is 12.9 Å². The van der Waals surface area contributed by atoms with Gasteiger partial charge in [0, 0.05) is 0 Å². The second-order valence-electron chi connectivity index (χ2n) is 4.10. The van der Waals surface area contributed by atoms with Gasteiger partial charge in [-0.3, -0.25) is 0 Å². The molecule has 20 heavy (non-hydrogen) atoms. The van der Waals surface area contributed by atoms with Crippen molar-refractivity contribution in [2.45, 2.75) is 6.61 Å². The van der Waals surface area contributed by atoms with Gasteiger partial charge in [0.1, 0.15) is 18.1 Å². The van der Waals surface area contributed by atoms with Crippen LogP contribution < -0.4 is 61.6 Å². The summed E-state index contributed by atoms with van der Waals surface area (Å²) >= 11 is 0. The minimum atomic E-state index is -4.97. The number of ether oxygens (including phenoxy) is 1. The van der Waals surface area contributed by atoms with Crippen LogP contribution in [0.2, 0.25) is 0 Å². The monoisotopic (exact) mass is 306 g/mol. The van der Waals surface area contributed by atoms with Crippen LogP contribution in [-0.4, -0.2) is 12.1 Å². The molecule has 0 bridgehead atoms. The number of benzene rings is 2. The summed E-state index contributed by atoms with van der Waals surface area (Å²) in [6.45, 7) is -4.79. The predicted octanol–water partition coefficient (Wildman–Crippen LogP) is 0.0296. The quantitative estimate of drug-likeness (QED) is 0.808. The number of phenolic OH excluding ortho intramolecular Hbond substituents is 1. The molecule has 100 valence electrons. The van der Waals surface area contributed by atoms with E-state index in [9.17, 15) is 18.1 Å². The van der Waals surface area contributed by atoms with Gasteiger partial charge in [-0.05, 0) is 29.8 Å². The number of hydrogen-bond donors (Lipinski definition) is 1. The van der Waals surface area contributed by atoms with E-state index in [1.54, 1.807) is 12.1 Å². The number of rotatable bonds is 4. The van der Waals surface area contributed by atoms with Gasteiger partial charge in [-0.15, -0.1) is 5.46 Å². The van der Waals surface area contributed by atoms with Crippen molar-refractivity contribution in [1.29, 1.82) is 0 Å². The Hall–Kier alpha value is -0.469. The van der Waals surface area contributed by atoms with Crippen molar-refractivity contribution >= 4 is 12.4 Å². The Labute approximate surface area is 157 Å². The second kappa shape index (κ2) is 7.51. The molecule has 0 amide bonds. The van der Waals surface area contributed by atoms with Gasteiger partial charge in [0.25, 0.3) is 0 Å². The van der Waals surface area contributed by atoms with E-state index in [1.807, 2.05) is 0 Å². The summed E-state index contributed by atoms with van der Waals surface area (Å²) in [5.41, 5.74) is 0.0915. The summed E-state index contributed by atoms with van der Waals surface area (Å²) in [5, 5.41) is 9.26. The van der Waals surface area contributed by atoms with Gasteiger partial charge in [-0.2, -0.15) is 0 Å². The molecule has 0 saturated carbocycles. The number of halogens is 3.